The van der Waals surface area contributed by atoms with Crippen LogP contribution in [0.15, 0.2) is 36.9 Å². The van der Waals surface area contributed by atoms with Gasteiger partial charge in [-0.1, -0.05) is 32.1 Å². The predicted molar refractivity (Wildman–Crippen MR) is 115 cm³/mol. The van der Waals surface area contributed by atoms with Gasteiger partial charge in [0.1, 0.15) is 17.2 Å². The topological polar surface area (TPSA) is 78.3 Å². The SMILES string of the molecule is C=CC(=C)CNc1nc(N2CCCCCC2)ccc1C(=N)C(=O)OC(C)(C)C. The van der Waals surface area contributed by atoms with E-state index in [-0.39, 0.29) is 5.71 Å². The molecule has 1 aliphatic rings. The molecule has 2 heterocycles. The van der Waals surface area contributed by atoms with Gasteiger partial charge in [0.05, 0.1) is 0 Å². The minimum absolute atomic E-state index is 0.212. The van der Waals surface area contributed by atoms with E-state index in [9.17, 15) is 4.79 Å². The van der Waals surface area contributed by atoms with E-state index < -0.39 is 11.6 Å². The van der Waals surface area contributed by atoms with Crippen LogP contribution in [-0.4, -0.2) is 41.9 Å². The van der Waals surface area contributed by atoms with Gasteiger partial charge in [-0.15, -0.1) is 0 Å². The fourth-order valence-electron chi connectivity index (χ4n) is 2.97. The summed E-state index contributed by atoms with van der Waals surface area (Å²) < 4.78 is 5.36. The number of rotatable bonds is 7. The molecule has 0 aliphatic carbocycles. The Morgan fingerprint density at radius 2 is 1.93 bits per heavy atom. The van der Waals surface area contributed by atoms with Crippen molar-refractivity contribution >= 4 is 23.3 Å². The summed E-state index contributed by atoms with van der Waals surface area (Å²) in [6, 6.07) is 3.66. The minimum atomic E-state index is -0.664. The molecule has 1 aromatic rings. The number of nitrogens with one attached hydrogen (secondary N) is 2. The second-order valence-electron chi connectivity index (χ2n) is 8.06. The molecule has 1 aromatic heterocycles. The van der Waals surface area contributed by atoms with Crippen molar-refractivity contribution < 1.29 is 9.53 Å². The molecule has 0 radical (unpaired) electrons. The van der Waals surface area contributed by atoms with E-state index in [1.807, 2.05) is 6.07 Å². The van der Waals surface area contributed by atoms with Gasteiger partial charge in [-0.2, -0.15) is 0 Å². The van der Waals surface area contributed by atoms with Crippen LogP contribution in [0.1, 0.15) is 52.0 Å². The molecule has 6 nitrogen and oxygen atoms in total. The lowest BCUT2D eigenvalue weighted by Crippen LogP contribution is -2.30. The molecular weight excluding hydrogens is 352 g/mol. The molecule has 0 saturated carbocycles. The molecule has 2 N–H and O–H groups in total. The summed E-state index contributed by atoms with van der Waals surface area (Å²) in [5, 5.41) is 11.5. The summed E-state index contributed by atoms with van der Waals surface area (Å²) in [5.74, 6) is 0.678. The summed E-state index contributed by atoms with van der Waals surface area (Å²) >= 11 is 0. The van der Waals surface area contributed by atoms with E-state index in [2.05, 4.69) is 23.4 Å². The third-order valence-corrected chi connectivity index (χ3v) is 4.45. The minimum Gasteiger partial charge on any atom is -0.455 e. The maximum atomic E-state index is 12.4. The lowest BCUT2D eigenvalue weighted by atomic mass is 10.1. The van der Waals surface area contributed by atoms with Crippen LogP contribution in [0.2, 0.25) is 0 Å². The molecule has 28 heavy (non-hydrogen) atoms. The quantitative estimate of drug-likeness (QED) is 0.416. The Kier molecular flexibility index (Phi) is 7.38. The number of nitrogens with zero attached hydrogens (tertiary/aromatic N) is 2. The molecule has 0 spiro atoms. The Morgan fingerprint density at radius 1 is 1.29 bits per heavy atom. The highest BCUT2D eigenvalue weighted by atomic mass is 16.6. The van der Waals surface area contributed by atoms with Crippen LogP contribution in [0.4, 0.5) is 11.6 Å². The average Bonchev–Trinajstić information content (AvgIpc) is 2.93. The normalized spacial score (nSPS) is 14.8. The molecule has 0 atom stereocenters. The van der Waals surface area contributed by atoms with Gasteiger partial charge in [-0.05, 0) is 51.3 Å². The van der Waals surface area contributed by atoms with E-state index in [0.29, 0.717) is 17.9 Å². The Hall–Kier alpha value is -2.63. The van der Waals surface area contributed by atoms with Gasteiger partial charge in [0.2, 0.25) is 0 Å². The molecule has 152 valence electrons. The van der Waals surface area contributed by atoms with Gasteiger partial charge in [0, 0.05) is 25.2 Å². The maximum absolute atomic E-state index is 12.4. The van der Waals surface area contributed by atoms with Crippen molar-refractivity contribution in [1.29, 1.82) is 5.41 Å². The third-order valence-electron chi connectivity index (χ3n) is 4.45. The number of carbonyl (C=O) groups is 1. The molecule has 0 amide bonds. The Labute approximate surface area is 168 Å². The predicted octanol–water partition coefficient (Wildman–Crippen LogP) is 4.33. The zero-order chi connectivity index (χ0) is 20.7. The molecule has 2 rings (SSSR count). The Bertz CT molecular complexity index is 741. The first-order chi connectivity index (χ1) is 13.2. The van der Waals surface area contributed by atoms with Crippen LogP contribution in [0, 0.1) is 5.41 Å². The first-order valence-electron chi connectivity index (χ1n) is 9.83. The standard InChI is InChI=1S/C22H32N4O2/c1-6-16(2)15-24-20-17(19(23)21(27)28-22(3,4)5)11-12-18(25-20)26-13-9-7-8-10-14-26/h6,11-12,23H,1-2,7-10,13-15H2,3-5H3,(H,24,25). The molecule has 1 aliphatic heterocycles. The van der Waals surface area contributed by atoms with E-state index in [1.54, 1.807) is 32.9 Å². The summed E-state index contributed by atoms with van der Waals surface area (Å²) in [6.07, 6.45) is 6.44. The monoisotopic (exact) mass is 384 g/mol. The maximum Gasteiger partial charge on any atom is 0.357 e. The van der Waals surface area contributed by atoms with Crippen LogP contribution in [0.3, 0.4) is 0 Å². The number of esters is 1. The zero-order valence-electron chi connectivity index (χ0n) is 17.3. The van der Waals surface area contributed by atoms with Crippen molar-refractivity contribution in [1.82, 2.24) is 4.98 Å². The number of aromatic nitrogens is 1. The Morgan fingerprint density at radius 3 is 2.50 bits per heavy atom. The van der Waals surface area contributed by atoms with Crippen LogP contribution < -0.4 is 10.2 Å². The molecule has 0 unspecified atom stereocenters. The molecule has 0 aromatic carbocycles. The van der Waals surface area contributed by atoms with Gasteiger partial charge in [0.15, 0.2) is 5.71 Å². The largest absolute Gasteiger partial charge is 0.455 e. The second kappa shape index (κ2) is 9.53. The van der Waals surface area contributed by atoms with Crippen molar-refractivity contribution in [3.8, 4) is 0 Å². The summed E-state index contributed by atoms with van der Waals surface area (Å²) in [7, 11) is 0. The van der Waals surface area contributed by atoms with Gasteiger partial charge in [-0.3, -0.25) is 5.41 Å². The van der Waals surface area contributed by atoms with E-state index in [1.165, 1.54) is 12.8 Å². The first-order valence-corrected chi connectivity index (χ1v) is 9.83. The highest BCUT2D eigenvalue weighted by molar-refractivity contribution is 6.43. The van der Waals surface area contributed by atoms with Crippen LogP contribution in [-0.2, 0) is 9.53 Å². The third kappa shape index (κ3) is 6.22. The number of ether oxygens (including phenoxy) is 1. The summed E-state index contributed by atoms with van der Waals surface area (Å²) in [5.41, 5.74) is 0.353. The van der Waals surface area contributed by atoms with E-state index >= 15 is 0 Å². The number of anilines is 2. The van der Waals surface area contributed by atoms with Gasteiger partial charge in [0.25, 0.3) is 0 Å². The van der Waals surface area contributed by atoms with E-state index in [0.717, 1.165) is 37.3 Å². The van der Waals surface area contributed by atoms with Gasteiger partial charge >= 0.3 is 5.97 Å². The van der Waals surface area contributed by atoms with Crippen LogP contribution >= 0.6 is 0 Å². The van der Waals surface area contributed by atoms with Crippen molar-refractivity contribution in [2.75, 3.05) is 29.9 Å². The van der Waals surface area contributed by atoms with Crippen molar-refractivity contribution in [2.45, 2.75) is 52.1 Å². The molecule has 1 fully saturated rings. The average molecular weight is 385 g/mol. The first kappa shape index (κ1) is 21.7. The summed E-state index contributed by atoms with van der Waals surface area (Å²) in [4.78, 5) is 19.4. The zero-order valence-corrected chi connectivity index (χ0v) is 17.3. The number of carbonyl (C=O) groups excluding carboxylic acids is 1. The van der Waals surface area contributed by atoms with E-state index in [4.69, 9.17) is 15.1 Å². The highest BCUT2D eigenvalue weighted by Crippen LogP contribution is 2.23. The number of pyridine rings is 1. The van der Waals surface area contributed by atoms with Crippen molar-refractivity contribution in [3.05, 3.63) is 42.5 Å². The van der Waals surface area contributed by atoms with Crippen LogP contribution in [0.25, 0.3) is 0 Å². The highest BCUT2D eigenvalue weighted by Gasteiger charge is 2.24. The smallest absolute Gasteiger partial charge is 0.357 e. The van der Waals surface area contributed by atoms with Gasteiger partial charge < -0.3 is 15.0 Å². The number of hydrogen-bond donors (Lipinski definition) is 2. The van der Waals surface area contributed by atoms with Crippen molar-refractivity contribution in [2.24, 2.45) is 0 Å². The number of hydrogen-bond acceptors (Lipinski definition) is 6. The lowest BCUT2D eigenvalue weighted by molar-refractivity contribution is -0.146. The van der Waals surface area contributed by atoms with Gasteiger partial charge in [-0.25, -0.2) is 9.78 Å². The molecule has 0 bridgehead atoms. The molecule has 6 heteroatoms. The molecular formula is C22H32N4O2. The fourth-order valence-corrected chi connectivity index (χ4v) is 2.97. The summed E-state index contributed by atoms with van der Waals surface area (Å²) in [6.45, 7) is 15.3. The van der Waals surface area contributed by atoms with Crippen molar-refractivity contribution in [3.63, 3.8) is 0 Å². The second-order valence-corrected chi connectivity index (χ2v) is 8.06. The fraction of sp³-hybridized carbons (Fsp3) is 0.500. The van der Waals surface area contributed by atoms with Crippen LogP contribution in [0.5, 0.6) is 0 Å². The lowest BCUT2D eigenvalue weighted by Gasteiger charge is -2.24. The Balaban J connectivity index is 2.31. The molecule has 1 saturated heterocycles.